The first-order valence-electron chi connectivity index (χ1n) is 21.8. The third-order valence-corrected chi connectivity index (χ3v) is 8.82. The summed E-state index contributed by atoms with van der Waals surface area (Å²) >= 11 is 0. The molecule has 0 saturated heterocycles. The molecule has 0 aliphatic carbocycles. The molecule has 0 spiro atoms. The van der Waals surface area contributed by atoms with Gasteiger partial charge in [0.2, 0.25) is 0 Å². The first-order valence-corrected chi connectivity index (χ1v) is 21.8. The maximum atomic E-state index is 10.3. The number of hydrogen-bond acceptors (Lipinski definition) is 10. The number of aromatic amines is 1. The van der Waals surface area contributed by atoms with Crippen molar-refractivity contribution in [3.63, 3.8) is 0 Å². The van der Waals surface area contributed by atoms with Crippen LogP contribution in [0.4, 0.5) is 0 Å². The molecule has 0 fully saturated rings. The number of imidazole rings is 1. The first kappa shape index (κ1) is 77.3. The van der Waals surface area contributed by atoms with Gasteiger partial charge in [-0.2, -0.15) is 11.7 Å². The zero-order valence-electron chi connectivity index (χ0n) is 42.0. The summed E-state index contributed by atoms with van der Waals surface area (Å²) in [6, 6.07) is 34.0. The number of ether oxygens (including phenoxy) is 2. The summed E-state index contributed by atoms with van der Waals surface area (Å²) in [7, 11) is 3.27. The Morgan fingerprint density at radius 3 is 1.28 bits per heavy atom. The third-order valence-electron chi connectivity index (χ3n) is 8.82. The van der Waals surface area contributed by atoms with Crippen molar-refractivity contribution in [3.05, 3.63) is 155 Å². The summed E-state index contributed by atoms with van der Waals surface area (Å²) in [5.74, 6) is 6.64. The fourth-order valence-corrected chi connectivity index (χ4v) is 4.81. The number of nitrogens with two attached hydrogens (primary N) is 1. The van der Waals surface area contributed by atoms with Gasteiger partial charge in [0.05, 0.1) is 17.8 Å². The Bertz CT molecular complexity index is 1830. The number of aromatic nitrogens is 2. The SMILES string of the molecule is C.C.C.CC(C)c1ccc(-c2ncc[nH]2)cc1.CC(C)c1ccc(/C=N/O)cc1.CC(C)c1ccc(C#N)cc1.CC(C)c1ccc(C=O)cc1.CCC(OC)OC.CCO.NO.[CH2-]CCC.[Li+]. The number of aldehydes is 1. The number of unbranched alkanes of at least 4 members (excludes halogenated alkanes) is 1. The fraction of sp³-hybridized carbons (Fsp3) is 0.446. The van der Waals surface area contributed by atoms with E-state index in [1.165, 1.54) is 34.9 Å². The Morgan fingerprint density at radius 2 is 1.04 bits per heavy atom. The molecule has 11 nitrogen and oxygen atoms in total. The summed E-state index contributed by atoms with van der Waals surface area (Å²) in [6.07, 6.45) is 9.07. The van der Waals surface area contributed by atoms with Gasteiger partial charge in [-0.1, -0.05) is 188 Å². The van der Waals surface area contributed by atoms with Crippen LogP contribution >= 0.6 is 0 Å². The van der Waals surface area contributed by atoms with Crippen LogP contribution in [0.1, 0.15) is 185 Å². The molecule has 0 bridgehead atoms. The van der Waals surface area contributed by atoms with Gasteiger partial charge >= 0.3 is 18.9 Å². The van der Waals surface area contributed by atoms with E-state index in [4.69, 9.17) is 30.3 Å². The molecule has 0 amide bonds. The Balaban J connectivity index is -0.000000130. The quantitative estimate of drug-likeness (QED) is 0.0163. The largest absolute Gasteiger partial charge is 1.00 e. The van der Waals surface area contributed by atoms with E-state index in [0.29, 0.717) is 23.7 Å². The zero-order chi connectivity index (χ0) is 49.3. The van der Waals surface area contributed by atoms with Crippen molar-refractivity contribution in [2.24, 2.45) is 11.1 Å². The Morgan fingerprint density at radius 1 is 0.706 bits per heavy atom. The number of H-pyrrole nitrogens is 1. The van der Waals surface area contributed by atoms with Gasteiger partial charge in [0.15, 0.2) is 6.29 Å². The van der Waals surface area contributed by atoms with Gasteiger partial charge in [0.25, 0.3) is 0 Å². The summed E-state index contributed by atoms with van der Waals surface area (Å²) in [4.78, 5) is 17.6. The molecule has 0 unspecified atom stereocenters. The molecule has 0 atom stereocenters. The number of methoxy groups -OCH3 is 2. The Hall–Kier alpha value is -4.88. The predicted octanol–water partition coefficient (Wildman–Crippen LogP) is 12.0. The van der Waals surface area contributed by atoms with E-state index in [2.05, 4.69) is 121 Å². The zero-order valence-corrected chi connectivity index (χ0v) is 42.0. The van der Waals surface area contributed by atoms with Crippen molar-refractivity contribution in [1.82, 2.24) is 9.97 Å². The van der Waals surface area contributed by atoms with E-state index >= 15 is 0 Å². The van der Waals surface area contributed by atoms with Gasteiger partial charge in [0, 0.05) is 44.3 Å². The van der Waals surface area contributed by atoms with Crippen molar-refractivity contribution < 1.29 is 48.6 Å². The topological polar surface area (TPSA) is 187 Å². The van der Waals surface area contributed by atoms with Crippen molar-refractivity contribution in [2.75, 3.05) is 20.8 Å². The number of hydrogen-bond donors (Lipinski definition) is 5. The van der Waals surface area contributed by atoms with Crippen molar-refractivity contribution in [3.8, 4) is 17.5 Å². The molecule has 0 saturated carbocycles. The van der Waals surface area contributed by atoms with Crippen LogP contribution in [-0.2, 0) is 9.47 Å². The molecule has 0 radical (unpaired) electrons. The summed E-state index contributed by atoms with van der Waals surface area (Å²) in [5, 5.41) is 33.8. The second-order valence-electron chi connectivity index (χ2n) is 15.1. The smallest absolute Gasteiger partial charge is 0.411 e. The molecule has 1 aromatic heterocycles. The molecule has 0 aliphatic rings. The van der Waals surface area contributed by atoms with Crippen molar-refractivity contribution in [1.29, 1.82) is 5.26 Å². The first-order chi connectivity index (χ1) is 30.7. The average molecular weight is 938 g/mol. The van der Waals surface area contributed by atoms with Crippen LogP contribution in [0.2, 0.25) is 0 Å². The van der Waals surface area contributed by atoms with Gasteiger partial charge in [-0.25, -0.2) is 10.9 Å². The number of nitriles is 1. The number of oxime groups is 1. The molecule has 1 heterocycles. The third kappa shape index (κ3) is 38.1. The molecule has 12 heteroatoms. The molecule has 5 aromatic rings. The predicted molar refractivity (Wildman–Crippen MR) is 286 cm³/mol. The normalized spacial score (nSPS) is 9.25. The van der Waals surface area contributed by atoms with Crippen LogP contribution in [0.25, 0.3) is 11.4 Å². The second-order valence-corrected chi connectivity index (χ2v) is 15.1. The molecule has 378 valence electrons. The standard InChI is InChI=1S/C12H14N2.C10H13NO.C10H11N.C10H12O.C5H12O2.C4H9.C2H6O.3CH4.Li.H3NO/c1-9(2)10-3-5-11(6-4-10)12-13-7-8-14-12;1-8(2)10-5-3-9(4-6-10)7-11-12;2*1-8(2)10-5-3-9(7-11)4-6-10;1-4-5(6-2)7-3;1-3-4-2;1-2-3;;;;;1-2/h3-9H,1-2H3,(H,13,14);3-8,12H,1-2H3;3-6,8H,1-2H3;3-8H,1-2H3;5H,4H2,1-3H3;1,3-4H2,2H3;3H,2H2,1H3;3*1H4;;2H,1H2/q;;;;;-1;;;;;+1;/b;11-7+;;;;;;;;;;. The van der Waals surface area contributed by atoms with Gasteiger partial charge in [-0.3, -0.25) is 4.79 Å². The van der Waals surface area contributed by atoms with Crippen molar-refractivity contribution in [2.45, 2.75) is 148 Å². The van der Waals surface area contributed by atoms with Crippen LogP contribution in [0.3, 0.4) is 0 Å². The molecule has 0 aliphatic heterocycles. The molecule has 68 heavy (non-hydrogen) atoms. The summed E-state index contributed by atoms with van der Waals surface area (Å²) in [6.45, 7) is 26.9. The maximum Gasteiger partial charge on any atom is 1.00 e. The number of rotatable bonds is 11. The average Bonchev–Trinajstić information content (AvgIpc) is 3.87. The van der Waals surface area contributed by atoms with Gasteiger partial charge in [-0.15, -0.1) is 0 Å². The minimum Gasteiger partial charge on any atom is -0.411 e. The van der Waals surface area contributed by atoms with Crippen LogP contribution in [0, 0.1) is 18.3 Å². The molecular weight excluding hydrogens is 846 g/mol. The number of aliphatic hydroxyl groups excluding tert-OH is 1. The number of nitrogens with one attached hydrogen (secondary N) is 1. The second kappa shape index (κ2) is 51.5. The maximum absolute atomic E-state index is 10.3. The molecule has 4 aromatic carbocycles. The summed E-state index contributed by atoms with van der Waals surface area (Å²) in [5.41, 5.74) is 8.75. The van der Waals surface area contributed by atoms with Crippen molar-refractivity contribution >= 4 is 12.5 Å². The van der Waals surface area contributed by atoms with E-state index in [0.717, 1.165) is 47.2 Å². The minimum atomic E-state index is -0.0139. The van der Waals surface area contributed by atoms with E-state index in [-0.39, 0.29) is 54.0 Å². The van der Waals surface area contributed by atoms with Crippen LogP contribution in [0.15, 0.2) is 115 Å². The minimum absolute atomic E-state index is 0. The van der Waals surface area contributed by atoms with Crippen LogP contribution in [-0.4, -0.2) is 65.1 Å². The number of carbonyl (C=O) groups excluding carboxylic acids is 1. The van der Waals surface area contributed by atoms with E-state index in [1.807, 2.05) is 85.9 Å². The van der Waals surface area contributed by atoms with E-state index in [9.17, 15) is 4.79 Å². The molecular formula is C56H92LiN5O6. The number of nitrogens with zero attached hydrogens (tertiary/aromatic N) is 3. The van der Waals surface area contributed by atoms with Crippen LogP contribution in [0.5, 0.6) is 0 Å². The fourth-order valence-electron chi connectivity index (χ4n) is 4.81. The monoisotopic (exact) mass is 938 g/mol. The molecule has 6 N–H and O–H groups in total. The van der Waals surface area contributed by atoms with Gasteiger partial charge in [-0.05, 0) is 77.0 Å². The van der Waals surface area contributed by atoms with Gasteiger partial charge in [0.1, 0.15) is 12.1 Å². The Labute approximate surface area is 426 Å². The summed E-state index contributed by atoms with van der Waals surface area (Å²) < 4.78 is 9.65. The molecule has 5 rings (SSSR count). The number of benzene rings is 4. The Kier molecular flexibility index (Phi) is 58.6. The van der Waals surface area contributed by atoms with E-state index < -0.39 is 0 Å². The van der Waals surface area contributed by atoms with Crippen LogP contribution < -0.4 is 24.8 Å². The number of aliphatic hydroxyl groups is 1. The van der Waals surface area contributed by atoms with E-state index in [1.54, 1.807) is 27.3 Å². The van der Waals surface area contributed by atoms with Gasteiger partial charge < -0.3 is 36.9 Å². The number of carbonyl (C=O) groups is 1.